The van der Waals surface area contributed by atoms with E-state index in [1.54, 1.807) is 6.33 Å². The van der Waals surface area contributed by atoms with Crippen LogP contribution in [0.1, 0.15) is 32.9 Å². The maximum absolute atomic E-state index is 5.97. The molecule has 5 nitrogen and oxygen atoms in total. The zero-order chi connectivity index (χ0) is 12.0. The highest BCUT2D eigenvalue weighted by Crippen LogP contribution is 2.37. The quantitative estimate of drug-likeness (QED) is 0.732. The van der Waals surface area contributed by atoms with Crippen LogP contribution in [-0.4, -0.2) is 25.1 Å². The molecule has 3 heterocycles. The van der Waals surface area contributed by atoms with E-state index < -0.39 is 0 Å². The summed E-state index contributed by atoms with van der Waals surface area (Å²) in [5.74, 6) is 0. The molecule has 3 rings (SSSR count). The Morgan fingerprint density at radius 2 is 2.24 bits per heavy atom. The van der Waals surface area contributed by atoms with Crippen molar-refractivity contribution in [2.45, 2.75) is 38.5 Å². The molecule has 0 N–H and O–H groups in total. The van der Waals surface area contributed by atoms with Gasteiger partial charge in [0.05, 0.1) is 11.9 Å². The molecule has 0 spiro atoms. The summed E-state index contributed by atoms with van der Waals surface area (Å²) in [7, 11) is 0. The third kappa shape index (κ3) is 1.79. The molecule has 1 unspecified atom stereocenters. The van der Waals surface area contributed by atoms with Crippen molar-refractivity contribution < 1.29 is 4.74 Å². The van der Waals surface area contributed by atoms with E-state index in [4.69, 9.17) is 16.3 Å². The fourth-order valence-corrected chi connectivity index (χ4v) is 2.36. The van der Waals surface area contributed by atoms with Crippen molar-refractivity contribution in [3.8, 4) is 0 Å². The van der Waals surface area contributed by atoms with E-state index in [1.807, 2.05) is 4.57 Å². The topological polar surface area (TPSA) is 52.8 Å². The van der Waals surface area contributed by atoms with Crippen LogP contribution < -0.4 is 0 Å². The maximum Gasteiger partial charge on any atom is 0.166 e. The average molecular weight is 253 g/mol. The number of nitrogens with zero attached hydrogens (tertiary/aromatic N) is 4. The van der Waals surface area contributed by atoms with Crippen molar-refractivity contribution in [3.05, 3.63) is 17.8 Å². The van der Waals surface area contributed by atoms with Crippen LogP contribution in [0.25, 0.3) is 11.2 Å². The molecule has 1 fully saturated rings. The average Bonchev–Trinajstić information content (AvgIpc) is 2.82. The zero-order valence-electron chi connectivity index (χ0n) is 9.72. The second-order valence-corrected chi connectivity index (χ2v) is 5.22. The molecule has 2 aromatic heterocycles. The van der Waals surface area contributed by atoms with E-state index in [-0.39, 0.29) is 11.8 Å². The Hall–Kier alpha value is -1.20. The second kappa shape index (κ2) is 3.65. The van der Waals surface area contributed by atoms with Crippen LogP contribution in [0, 0.1) is 0 Å². The van der Waals surface area contributed by atoms with Gasteiger partial charge in [0.1, 0.15) is 18.1 Å². The fraction of sp³-hybridized carbons (Fsp3) is 0.545. The molecule has 0 aliphatic carbocycles. The van der Waals surface area contributed by atoms with Gasteiger partial charge in [-0.2, -0.15) is 0 Å². The number of rotatable bonds is 1. The monoisotopic (exact) mass is 252 g/mol. The summed E-state index contributed by atoms with van der Waals surface area (Å²) in [5, 5.41) is 0.381. The summed E-state index contributed by atoms with van der Waals surface area (Å²) in [6, 6.07) is 0. The van der Waals surface area contributed by atoms with Crippen molar-refractivity contribution >= 4 is 22.8 Å². The fourth-order valence-electron chi connectivity index (χ4n) is 2.19. The smallest absolute Gasteiger partial charge is 0.166 e. The predicted molar refractivity (Wildman–Crippen MR) is 63.8 cm³/mol. The molecular formula is C11H13ClN4O. The van der Waals surface area contributed by atoms with Gasteiger partial charge in [-0.3, -0.25) is 4.57 Å². The van der Waals surface area contributed by atoms with Crippen molar-refractivity contribution in [1.29, 1.82) is 0 Å². The Morgan fingerprint density at radius 1 is 1.41 bits per heavy atom. The van der Waals surface area contributed by atoms with Crippen LogP contribution in [0.2, 0.25) is 5.15 Å². The van der Waals surface area contributed by atoms with E-state index in [0.717, 1.165) is 18.5 Å². The molecule has 1 aliphatic rings. The van der Waals surface area contributed by atoms with E-state index in [0.29, 0.717) is 10.7 Å². The van der Waals surface area contributed by atoms with Gasteiger partial charge in [0, 0.05) is 0 Å². The van der Waals surface area contributed by atoms with Crippen molar-refractivity contribution in [2.75, 3.05) is 0 Å². The Labute approximate surface area is 104 Å². The first-order valence-corrected chi connectivity index (χ1v) is 5.95. The number of ether oxygens (including phenoxy) is 1. The summed E-state index contributed by atoms with van der Waals surface area (Å²) in [6.07, 6.45) is 5.14. The third-order valence-corrected chi connectivity index (χ3v) is 3.35. The van der Waals surface area contributed by atoms with Crippen molar-refractivity contribution in [1.82, 2.24) is 19.5 Å². The standard InChI is InChI=1S/C11H13ClN4O/c1-11(2)4-3-7(17-11)16-6-15-8-9(12)13-5-14-10(8)16/h5-7H,3-4H2,1-2H3. The van der Waals surface area contributed by atoms with Crippen LogP contribution in [0.15, 0.2) is 12.7 Å². The zero-order valence-corrected chi connectivity index (χ0v) is 10.5. The number of hydrogen-bond donors (Lipinski definition) is 0. The Bertz CT molecular complexity index is 566. The van der Waals surface area contributed by atoms with Crippen molar-refractivity contribution in [2.24, 2.45) is 0 Å². The van der Waals surface area contributed by atoms with Crippen LogP contribution in [0.3, 0.4) is 0 Å². The number of aromatic nitrogens is 4. The lowest BCUT2D eigenvalue weighted by atomic mass is 10.1. The molecule has 0 aromatic carbocycles. The number of hydrogen-bond acceptors (Lipinski definition) is 4. The number of fused-ring (bicyclic) bond motifs is 1. The number of halogens is 1. The first kappa shape index (κ1) is 10.9. The predicted octanol–water partition coefficient (Wildman–Crippen LogP) is 2.57. The summed E-state index contributed by atoms with van der Waals surface area (Å²) >= 11 is 5.97. The van der Waals surface area contributed by atoms with Crippen molar-refractivity contribution in [3.63, 3.8) is 0 Å². The molecule has 0 saturated carbocycles. The van der Waals surface area contributed by atoms with Gasteiger partial charge in [0.25, 0.3) is 0 Å². The Balaban J connectivity index is 2.05. The molecule has 1 saturated heterocycles. The molecule has 0 radical (unpaired) electrons. The SMILES string of the molecule is CC1(C)CCC(n2cnc3c(Cl)ncnc32)O1. The van der Waals surface area contributed by atoms with Gasteiger partial charge < -0.3 is 4.74 Å². The molecule has 0 amide bonds. The largest absolute Gasteiger partial charge is 0.352 e. The van der Waals surface area contributed by atoms with Crippen LogP contribution in [0.4, 0.5) is 0 Å². The minimum atomic E-state index is -0.0852. The Morgan fingerprint density at radius 3 is 2.94 bits per heavy atom. The molecular weight excluding hydrogens is 240 g/mol. The van der Waals surface area contributed by atoms with Gasteiger partial charge in [0.15, 0.2) is 10.8 Å². The van der Waals surface area contributed by atoms with Gasteiger partial charge in [-0.05, 0) is 26.7 Å². The molecule has 90 valence electrons. The van der Waals surface area contributed by atoms with E-state index in [1.165, 1.54) is 6.33 Å². The summed E-state index contributed by atoms with van der Waals surface area (Å²) in [4.78, 5) is 12.4. The van der Waals surface area contributed by atoms with E-state index >= 15 is 0 Å². The highest BCUT2D eigenvalue weighted by molar-refractivity contribution is 6.33. The van der Waals surface area contributed by atoms with Gasteiger partial charge in [-0.25, -0.2) is 15.0 Å². The molecule has 0 bridgehead atoms. The summed E-state index contributed by atoms with van der Waals surface area (Å²) < 4.78 is 7.89. The lowest BCUT2D eigenvalue weighted by Gasteiger charge is -2.19. The first-order valence-electron chi connectivity index (χ1n) is 5.58. The van der Waals surface area contributed by atoms with Gasteiger partial charge >= 0.3 is 0 Å². The lowest BCUT2D eigenvalue weighted by Crippen LogP contribution is -2.19. The van der Waals surface area contributed by atoms with Gasteiger partial charge in [-0.15, -0.1) is 0 Å². The summed E-state index contributed by atoms with van der Waals surface area (Å²) in [5.41, 5.74) is 1.27. The highest BCUT2D eigenvalue weighted by Gasteiger charge is 2.33. The van der Waals surface area contributed by atoms with Gasteiger partial charge in [-0.1, -0.05) is 11.6 Å². The first-order chi connectivity index (χ1) is 8.07. The molecule has 1 atom stereocenters. The highest BCUT2D eigenvalue weighted by atomic mass is 35.5. The van der Waals surface area contributed by atoms with E-state index in [2.05, 4.69) is 28.8 Å². The lowest BCUT2D eigenvalue weighted by molar-refractivity contribution is -0.0480. The van der Waals surface area contributed by atoms with Crippen LogP contribution in [-0.2, 0) is 4.74 Å². The minimum Gasteiger partial charge on any atom is -0.352 e. The third-order valence-electron chi connectivity index (χ3n) is 3.07. The number of imidazole rings is 1. The second-order valence-electron chi connectivity index (χ2n) is 4.86. The molecule has 1 aliphatic heterocycles. The van der Waals surface area contributed by atoms with Gasteiger partial charge in [0.2, 0.25) is 0 Å². The summed E-state index contributed by atoms with van der Waals surface area (Å²) in [6.45, 7) is 4.18. The van der Waals surface area contributed by atoms with Crippen LogP contribution in [0.5, 0.6) is 0 Å². The normalized spacial score (nSPS) is 23.4. The molecule has 6 heteroatoms. The maximum atomic E-state index is 5.97. The van der Waals surface area contributed by atoms with E-state index in [9.17, 15) is 0 Å². The van der Waals surface area contributed by atoms with Crippen LogP contribution >= 0.6 is 11.6 Å². The molecule has 17 heavy (non-hydrogen) atoms. The minimum absolute atomic E-state index is 0.0130. The Kier molecular flexibility index (Phi) is 2.34. The molecule has 2 aromatic rings.